The van der Waals surface area contributed by atoms with Crippen molar-refractivity contribution in [3.8, 4) is 5.75 Å². The van der Waals surface area contributed by atoms with E-state index in [-0.39, 0.29) is 0 Å². The van der Waals surface area contributed by atoms with E-state index in [1.54, 1.807) is 7.11 Å². The molecule has 0 saturated heterocycles. The average Bonchev–Trinajstić information content (AvgIpc) is 2.26. The topological polar surface area (TPSA) is 24.3 Å². The van der Waals surface area contributed by atoms with Gasteiger partial charge in [-0.15, -0.1) is 0 Å². The summed E-state index contributed by atoms with van der Waals surface area (Å²) in [5.41, 5.74) is 3.65. The van der Waals surface area contributed by atoms with Crippen molar-refractivity contribution in [1.82, 2.24) is 0 Å². The maximum atomic E-state index is 5.23. The van der Waals surface area contributed by atoms with Gasteiger partial charge in [0.25, 0.3) is 0 Å². The monoisotopic (exact) mass is 205 g/mol. The summed E-state index contributed by atoms with van der Waals surface area (Å²) in [6.45, 7) is 4.30. The Morgan fingerprint density at radius 3 is 2.80 bits per heavy atom. The lowest BCUT2D eigenvalue weighted by molar-refractivity contribution is -0.407. The Kier molecular flexibility index (Phi) is 2.39. The van der Waals surface area contributed by atoms with E-state index >= 15 is 0 Å². The van der Waals surface area contributed by atoms with Crippen LogP contribution < -0.4 is 10.1 Å². The highest BCUT2D eigenvalue weighted by Gasteiger charge is 2.25. The number of ether oxygens (including phenoxy) is 1. The van der Waals surface area contributed by atoms with Crippen LogP contribution >= 0.6 is 0 Å². The van der Waals surface area contributed by atoms with Crippen LogP contribution in [0.4, 0.5) is 11.4 Å². The number of rotatable bonds is 1. The summed E-state index contributed by atoms with van der Waals surface area (Å²) in [4.78, 5) is 0. The second kappa shape index (κ2) is 3.57. The van der Waals surface area contributed by atoms with E-state index in [9.17, 15) is 0 Å². The SMILES string of the molecule is COc1ccc2c(c1)[N+](C)=C(C)C(C)N2. The first kappa shape index (κ1) is 10.0. The first-order chi connectivity index (χ1) is 7.13. The maximum Gasteiger partial charge on any atom is 0.232 e. The summed E-state index contributed by atoms with van der Waals surface area (Å²) in [7, 11) is 3.78. The Hall–Kier alpha value is -1.51. The van der Waals surface area contributed by atoms with E-state index in [0.29, 0.717) is 6.04 Å². The Morgan fingerprint density at radius 1 is 1.40 bits per heavy atom. The molecule has 0 amide bonds. The van der Waals surface area contributed by atoms with Crippen molar-refractivity contribution in [3.63, 3.8) is 0 Å². The summed E-state index contributed by atoms with van der Waals surface area (Å²) in [5.74, 6) is 0.893. The van der Waals surface area contributed by atoms with Gasteiger partial charge in [0.05, 0.1) is 13.2 Å². The zero-order valence-corrected chi connectivity index (χ0v) is 9.66. The minimum absolute atomic E-state index is 0.385. The molecule has 2 rings (SSSR count). The van der Waals surface area contributed by atoms with Crippen LogP contribution in [0.3, 0.4) is 0 Å². The summed E-state index contributed by atoms with van der Waals surface area (Å²) in [6, 6.07) is 6.48. The van der Waals surface area contributed by atoms with Gasteiger partial charge in [0.15, 0.2) is 5.71 Å². The molecule has 1 aromatic rings. The molecule has 0 bridgehead atoms. The molecule has 0 aromatic heterocycles. The lowest BCUT2D eigenvalue weighted by Crippen LogP contribution is -2.33. The van der Waals surface area contributed by atoms with E-state index in [4.69, 9.17) is 4.74 Å². The number of benzene rings is 1. The van der Waals surface area contributed by atoms with Crippen molar-refractivity contribution in [3.05, 3.63) is 18.2 Å². The van der Waals surface area contributed by atoms with Gasteiger partial charge < -0.3 is 10.1 Å². The smallest absolute Gasteiger partial charge is 0.232 e. The predicted octanol–water partition coefficient (Wildman–Crippen LogP) is 2.24. The third-order valence-electron chi connectivity index (χ3n) is 3.09. The molecule has 3 nitrogen and oxygen atoms in total. The molecule has 1 aromatic carbocycles. The van der Waals surface area contributed by atoms with Gasteiger partial charge in [-0.2, -0.15) is 4.58 Å². The van der Waals surface area contributed by atoms with Crippen molar-refractivity contribution < 1.29 is 9.31 Å². The number of nitrogens with one attached hydrogen (secondary N) is 1. The summed E-state index contributed by atoms with van der Waals surface area (Å²) >= 11 is 0. The third-order valence-corrected chi connectivity index (χ3v) is 3.09. The van der Waals surface area contributed by atoms with E-state index in [1.807, 2.05) is 6.07 Å². The van der Waals surface area contributed by atoms with Crippen LogP contribution in [-0.2, 0) is 0 Å². The molecule has 1 heterocycles. The van der Waals surface area contributed by atoms with Crippen LogP contribution in [0, 0.1) is 0 Å². The lowest BCUT2D eigenvalue weighted by Gasteiger charge is -2.21. The Balaban J connectivity index is 2.55. The van der Waals surface area contributed by atoms with Gasteiger partial charge >= 0.3 is 0 Å². The number of anilines is 1. The molecule has 1 aliphatic rings. The largest absolute Gasteiger partial charge is 0.497 e. The molecule has 1 unspecified atom stereocenters. The predicted molar refractivity (Wildman–Crippen MR) is 62.6 cm³/mol. The quantitative estimate of drug-likeness (QED) is 0.711. The second-order valence-electron chi connectivity index (χ2n) is 3.95. The molecule has 0 saturated carbocycles. The normalized spacial score (nSPS) is 19.6. The molecular weight excluding hydrogens is 188 g/mol. The average molecular weight is 205 g/mol. The van der Waals surface area contributed by atoms with Crippen LogP contribution in [0.15, 0.2) is 18.2 Å². The van der Waals surface area contributed by atoms with Gasteiger partial charge in [0.1, 0.15) is 24.5 Å². The fraction of sp³-hybridized carbons (Fsp3) is 0.417. The number of hydrogen-bond donors (Lipinski definition) is 1. The van der Waals surface area contributed by atoms with Gasteiger partial charge in [-0.3, -0.25) is 0 Å². The van der Waals surface area contributed by atoms with Crippen LogP contribution in [-0.4, -0.2) is 30.5 Å². The molecule has 1 aliphatic heterocycles. The zero-order chi connectivity index (χ0) is 11.0. The first-order valence-electron chi connectivity index (χ1n) is 5.15. The van der Waals surface area contributed by atoms with E-state index < -0.39 is 0 Å². The van der Waals surface area contributed by atoms with Gasteiger partial charge in [0.2, 0.25) is 5.69 Å². The minimum Gasteiger partial charge on any atom is -0.497 e. The Labute approximate surface area is 90.4 Å². The van der Waals surface area contributed by atoms with Gasteiger partial charge in [-0.05, 0) is 19.1 Å². The Bertz CT molecular complexity index is 424. The lowest BCUT2D eigenvalue weighted by atomic mass is 10.1. The first-order valence-corrected chi connectivity index (χ1v) is 5.15. The summed E-state index contributed by atoms with van der Waals surface area (Å²) < 4.78 is 7.43. The van der Waals surface area contributed by atoms with Gasteiger partial charge in [0, 0.05) is 6.92 Å². The fourth-order valence-corrected chi connectivity index (χ4v) is 1.86. The number of methoxy groups -OCH3 is 1. The molecular formula is C12H17N2O+. The molecule has 1 N–H and O–H groups in total. The van der Waals surface area contributed by atoms with Crippen LogP contribution in [0.25, 0.3) is 0 Å². The highest BCUT2D eigenvalue weighted by atomic mass is 16.5. The highest BCUT2D eigenvalue weighted by Crippen LogP contribution is 2.32. The number of fused-ring (bicyclic) bond motifs is 1. The van der Waals surface area contributed by atoms with E-state index in [2.05, 4.69) is 42.9 Å². The summed E-state index contributed by atoms with van der Waals surface area (Å²) in [6.07, 6.45) is 0. The third kappa shape index (κ3) is 1.58. The molecule has 0 fully saturated rings. The molecule has 80 valence electrons. The standard InChI is InChI=1S/C12H17N2O/c1-8-9(2)14(3)12-7-10(15-4)5-6-11(12)13-8/h5-8,13H,1-4H3/q+1. The van der Waals surface area contributed by atoms with Crippen molar-refractivity contribution >= 4 is 17.1 Å². The molecule has 1 atom stereocenters. The van der Waals surface area contributed by atoms with Crippen molar-refractivity contribution in [1.29, 1.82) is 0 Å². The van der Waals surface area contributed by atoms with Crippen LogP contribution in [0.2, 0.25) is 0 Å². The molecule has 0 aliphatic carbocycles. The summed E-state index contributed by atoms with van der Waals surface area (Å²) in [5, 5.41) is 3.46. The van der Waals surface area contributed by atoms with Gasteiger partial charge in [-0.25, -0.2) is 0 Å². The number of hydrogen-bond acceptors (Lipinski definition) is 2. The minimum atomic E-state index is 0.385. The van der Waals surface area contributed by atoms with Crippen molar-refractivity contribution in [2.75, 3.05) is 19.5 Å². The van der Waals surface area contributed by atoms with Crippen LogP contribution in [0.5, 0.6) is 5.75 Å². The second-order valence-corrected chi connectivity index (χ2v) is 3.95. The molecule has 15 heavy (non-hydrogen) atoms. The zero-order valence-electron chi connectivity index (χ0n) is 9.66. The maximum absolute atomic E-state index is 5.23. The van der Waals surface area contributed by atoms with Crippen molar-refractivity contribution in [2.24, 2.45) is 0 Å². The van der Waals surface area contributed by atoms with Gasteiger partial charge in [-0.1, -0.05) is 0 Å². The number of nitrogens with zero attached hydrogens (tertiary/aromatic N) is 1. The highest BCUT2D eigenvalue weighted by molar-refractivity contribution is 5.89. The molecule has 0 radical (unpaired) electrons. The van der Waals surface area contributed by atoms with Crippen molar-refractivity contribution in [2.45, 2.75) is 19.9 Å². The Morgan fingerprint density at radius 2 is 2.13 bits per heavy atom. The fourth-order valence-electron chi connectivity index (χ4n) is 1.86. The van der Waals surface area contributed by atoms with E-state index in [1.165, 1.54) is 11.4 Å². The van der Waals surface area contributed by atoms with E-state index in [0.717, 1.165) is 11.4 Å². The molecule has 3 heteroatoms. The molecule has 0 spiro atoms. The van der Waals surface area contributed by atoms with Crippen LogP contribution in [0.1, 0.15) is 13.8 Å².